The highest BCUT2D eigenvalue weighted by Crippen LogP contribution is 2.39. The van der Waals surface area contributed by atoms with Crippen molar-refractivity contribution in [1.82, 2.24) is 14.9 Å². The van der Waals surface area contributed by atoms with E-state index in [0.717, 1.165) is 17.1 Å². The summed E-state index contributed by atoms with van der Waals surface area (Å²) in [5, 5.41) is 0.0641. The van der Waals surface area contributed by atoms with Crippen molar-refractivity contribution in [1.29, 1.82) is 0 Å². The number of ketones is 1. The van der Waals surface area contributed by atoms with Crippen LogP contribution in [0.1, 0.15) is 60.7 Å². The maximum Gasteiger partial charge on any atom is 0.422 e. The number of aryl methyl sites for hydroxylation is 1. The van der Waals surface area contributed by atoms with Gasteiger partial charge in [-0.2, -0.15) is 13.2 Å². The Labute approximate surface area is 206 Å². The van der Waals surface area contributed by atoms with Crippen LogP contribution in [0.4, 0.5) is 17.6 Å². The number of ether oxygens (including phenoxy) is 1. The molecule has 1 aliphatic carbocycles. The standard InChI is InChI=1S/C24H31F4N3O3S/c1-16-14-29-21(34-16)13-18(32)12-17-2-6-23(25,7-3-17)8-11-31-9-4-19-20(5-10-31)35-22(30-19)33-15-24(26,27)28/h14,17H,2-13,15H2,1H3. The molecule has 0 radical (unpaired) electrons. The number of oxazole rings is 1. The van der Waals surface area contributed by atoms with Gasteiger partial charge >= 0.3 is 6.18 Å². The van der Waals surface area contributed by atoms with Crippen LogP contribution in [0, 0.1) is 12.8 Å². The predicted molar refractivity (Wildman–Crippen MR) is 122 cm³/mol. The van der Waals surface area contributed by atoms with Crippen LogP contribution in [0.15, 0.2) is 10.6 Å². The molecule has 2 aromatic rings. The molecule has 0 saturated heterocycles. The molecule has 194 valence electrons. The summed E-state index contributed by atoms with van der Waals surface area (Å²) in [6.45, 7) is 2.51. The average Bonchev–Trinajstić information content (AvgIpc) is 3.33. The number of carbonyl (C=O) groups is 1. The van der Waals surface area contributed by atoms with Gasteiger partial charge < -0.3 is 14.1 Å². The van der Waals surface area contributed by atoms with Crippen molar-refractivity contribution >= 4 is 17.1 Å². The van der Waals surface area contributed by atoms with Crippen molar-refractivity contribution in [3.63, 3.8) is 0 Å². The summed E-state index contributed by atoms with van der Waals surface area (Å²) in [4.78, 5) is 23.8. The zero-order chi connectivity index (χ0) is 25.1. The normalized spacial score (nSPS) is 23.6. The van der Waals surface area contributed by atoms with Gasteiger partial charge in [-0.1, -0.05) is 11.3 Å². The monoisotopic (exact) mass is 517 g/mol. The summed E-state index contributed by atoms with van der Waals surface area (Å²) < 4.78 is 62.7. The lowest BCUT2D eigenvalue weighted by Crippen LogP contribution is -2.36. The Kier molecular flexibility index (Phi) is 8.15. The van der Waals surface area contributed by atoms with Crippen molar-refractivity contribution in [3.05, 3.63) is 28.4 Å². The van der Waals surface area contributed by atoms with Gasteiger partial charge in [-0.3, -0.25) is 4.79 Å². The molecular formula is C24H31F4N3O3S. The minimum Gasteiger partial charge on any atom is -0.460 e. The molecule has 0 aromatic carbocycles. The molecule has 6 nitrogen and oxygen atoms in total. The summed E-state index contributed by atoms with van der Waals surface area (Å²) in [6, 6.07) is 0. The quantitative estimate of drug-likeness (QED) is 0.422. The van der Waals surface area contributed by atoms with Crippen molar-refractivity contribution in [2.45, 2.75) is 76.6 Å². The number of alkyl halides is 4. The largest absolute Gasteiger partial charge is 0.460 e. The maximum atomic E-state index is 15.5. The molecule has 0 atom stereocenters. The minimum atomic E-state index is -4.38. The number of carbonyl (C=O) groups excluding carboxylic acids is 1. The Hall–Kier alpha value is -2.01. The van der Waals surface area contributed by atoms with E-state index in [2.05, 4.69) is 14.9 Å². The summed E-state index contributed by atoms with van der Waals surface area (Å²) in [7, 11) is 0. The Morgan fingerprint density at radius 1 is 1.29 bits per heavy atom. The van der Waals surface area contributed by atoms with E-state index in [0.29, 0.717) is 76.1 Å². The lowest BCUT2D eigenvalue weighted by Gasteiger charge is -2.35. The van der Waals surface area contributed by atoms with Crippen LogP contribution >= 0.6 is 11.3 Å². The number of halogens is 4. The highest BCUT2D eigenvalue weighted by Gasteiger charge is 2.36. The number of fused-ring (bicyclic) bond motifs is 1. The second kappa shape index (κ2) is 10.9. The zero-order valence-electron chi connectivity index (χ0n) is 19.8. The van der Waals surface area contributed by atoms with E-state index in [-0.39, 0.29) is 23.3 Å². The molecule has 0 spiro atoms. The van der Waals surface area contributed by atoms with Gasteiger partial charge in [-0.05, 0) is 51.4 Å². The summed E-state index contributed by atoms with van der Waals surface area (Å²) >= 11 is 1.17. The Bertz CT molecular complexity index is 973. The fraction of sp³-hybridized carbons (Fsp3) is 0.708. The molecule has 2 aromatic heterocycles. The number of thiazole rings is 1. The summed E-state index contributed by atoms with van der Waals surface area (Å²) in [5.41, 5.74) is -0.428. The van der Waals surface area contributed by atoms with E-state index < -0.39 is 18.5 Å². The summed E-state index contributed by atoms with van der Waals surface area (Å²) in [5.74, 6) is 1.41. The first-order chi connectivity index (χ1) is 16.6. The second-order valence-corrected chi connectivity index (χ2v) is 10.8. The van der Waals surface area contributed by atoms with E-state index in [1.165, 1.54) is 11.3 Å². The van der Waals surface area contributed by atoms with Crippen molar-refractivity contribution in [2.24, 2.45) is 5.92 Å². The van der Waals surface area contributed by atoms with E-state index in [9.17, 15) is 18.0 Å². The van der Waals surface area contributed by atoms with Crippen LogP contribution in [-0.4, -0.2) is 58.7 Å². The van der Waals surface area contributed by atoms with Gasteiger partial charge in [0.15, 0.2) is 6.61 Å². The van der Waals surface area contributed by atoms with Crippen LogP contribution in [-0.2, 0) is 24.1 Å². The van der Waals surface area contributed by atoms with Crippen LogP contribution in [0.2, 0.25) is 0 Å². The number of aromatic nitrogens is 2. The molecule has 11 heteroatoms. The fourth-order valence-corrected chi connectivity index (χ4v) is 5.81. The molecule has 1 fully saturated rings. The topological polar surface area (TPSA) is 68.5 Å². The molecule has 35 heavy (non-hydrogen) atoms. The lowest BCUT2D eigenvalue weighted by molar-refractivity contribution is -0.153. The molecule has 0 bridgehead atoms. The zero-order valence-corrected chi connectivity index (χ0v) is 20.7. The fourth-order valence-electron chi connectivity index (χ4n) is 4.87. The SMILES string of the molecule is Cc1cnc(CC(=O)CC2CCC(F)(CCN3CCc4nc(OCC(F)(F)F)sc4CC3)CC2)o1. The summed E-state index contributed by atoms with van der Waals surface area (Å²) in [6.07, 6.45) is 1.93. The van der Waals surface area contributed by atoms with Crippen molar-refractivity contribution in [2.75, 3.05) is 26.2 Å². The number of nitrogens with zero attached hydrogens (tertiary/aromatic N) is 3. The van der Waals surface area contributed by atoms with E-state index >= 15 is 4.39 Å². The van der Waals surface area contributed by atoms with Crippen molar-refractivity contribution < 1.29 is 31.5 Å². The molecule has 0 amide bonds. The molecule has 1 saturated carbocycles. The van der Waals surface area contributed by atoms with Gasteiger partial charge in [0.25, 0.3) is 5.19 Å². The average molecular weight is 518 g/mol. The molecule has 3 heterocycles. The predicted octanol–water partition coefficient (Wildman–Crippen LogP) is 5.27. The van der Waals surface area contributed by atoms with Gasteiger partial charge in [0.1, 0.15) is 17.2 Å². The number of Topliss-reactive ketones (excluding diaryl/α,β-unsaturated/α-hetero) is 1. The Balaban J connectivity index is 1.17. The third-order valence-corrected chi connectivity index (χ3v) is 7.92. The first-order valence-electron chi connectivity index (χ1n) is 12.1. The van der Waals surface area contributed by atoms with Gasteiger partial charge in [0.2, 0.25) is 5.89 Å². The van der Waals surface area contributed by atoms with Crippen LogP contribution < -0.4 is 4.74 Å². The van der Waals surface area contributed by atoms with E-state index in [1.54, 1.807) is 13.1 Å². The van der Waals surface area contributed by atoms with E-state index in [1.807, 2.05) is 0 Å². The maximum absolute atomic E-state index is 15.5. The molecule has 0 unspecified atom stereocenters. The van der Waals surface area contributed by atoms with Crippen LogP contribution in [0.5, 0.6) is 5.19 Å². The molecule has 1 aliphatic heterocycles. The Morgan fingerprint density at radius 2 is 2.03 bits per heavy atom. The molecular weight excluding hydrogens is 486 g/mol. The minimum absolute atomic E-state index is 0.0641. The third kappa shape index (κ3) is 7.73. The number of hydrogen-bond donors (Lipinski definition) is 0. The first-order valence-corrected chi connectivity index (χ1v) is 12.9. The third-order valence-electron chi connectivity index (χ3n) is 6.85. The molecule has 0 N–H and O–H groups in total. The molecule has 4 rings (SSSR count). The number of rotatable bonds is 9. The van der Waals surface area contributed by atoms with Crippen LogP contribution in [0.25, 0.3) is 0 Å². The van der Waals surface area contributed by atoms with Crippen LogP contribution in [0.3, 0.4) is 0 Å². The van der Waals surface area contributed by atoms with Gasteiger partial charge in [-0.15, -0.1) is 0 Å². The highest BCUT2D eigenvalue weighted by atomic mass is 32.1. The van der Waals surface area contributed by atoms with Gasteiger partial charge in [0, 0.05) is 37.4 Å². The lowest BCUT2D eigenvalue weighted by atomic mass is 9.76. The smallest absolute Gasteiger partial charge is 0.422 e. The number of hydrogen-bond acceptors (Lipinski definition) is 7. The Morgan fingerprint density at radius 3 is 2.71 bits per heavy atom. The highest BCUT2D eigenvalue weighted by molar-refractivity contribution is 7.13. The van der Waals surface area contributed by atoms with Gasteiger partial charge in [-0.25, -0.2) is 14.4 Å². The van der Waals surface area contributed by atoms with Crippen molar-refractivity contribution in [3.8, 4) is 5.19 Å². The van der Waals surface area contributed by atoms with Gasteiger partial charge in [0.05, 0.1) is 18.3 Å². The molecule has 2 aliphatic rings. The first kappa shape index (κ1) is 26.1. The second-order valence-electron chi connectivity index (χ2n) is 9.72. The van der Waals surface area contributed by atoms with E-state index in [4.69, 9.17) is 9.15 Å².